The molecule has 0 saturated heterocycles. The molecule has 0 radical (unpaired) electrons. The SMILES string of the molecule is COc1ccc(Br)cc1CSc1nc2ccc(C)cc2c(=O)n1C. The molecular weight excluding hydrogens is 388 g/mol. The van der Waals surface area contributed by atoms with E-state index in [1.165, 1.54) is 11.8 Å². The van der Waals surface area contributed by atoms with Crippen molar-refractivity contribution in [3.8, 4) is 5.75 Å². The van der Waals surface area contributed by atoms with Crippen LogP contribution >= 0.6 is 27.7 Å². The number of hydrogen-bond acceptors (Lipinski definition) is 4. The van der Waals surface area contributed by atoms with Crippen molar-refractivity contribution in [1.82, 2.24) is 9.55 Å². The number of halogens is 1. The van der Waals surface area contributed by atoms with Crippen molar-refractivity contribution in [2.75, 3.05) is 7.11 Å². The second kappa shape index (κ2) is 6.99. The van der Waals surface area contributed by atoms with Gasteiger partial charge in [-0.2, -0.15) is 0 Å². The summed E-state index contributed by atoms with van der Waals surface area (Å²) in [6.07, 6.45) is 0. The van der Waals surface area contributed by atoms with Crippen LogP contribution in [0.15, 0.2) is 50.8 Å². The van der Waals surface area contributed by atoms with Gasteiger partial charge in [-0.25, -0.2) is 4.98 Å². The highest BCUT2D eigenvalue weighted by atomic mass is 79.9. The van der Waals surface area contributed by atoms with Crippen molar-refractivity contribution < 1.29 is 4.74 Å². The highest BCUT2D eigenvalue weighted by molar-refractivity contribution is 9.10. The Morgan fingerprint density at radius 1 is 1.25 bits per heavy atom. The van der Waals surface area contributed by atoms with Gasteiger partial charge in [0.25, 0.3) is 5.56 Å². The quantitative estimate of drug-likeness (QED) is 0.480. The van der Waals surface area contributed by atoms with Gasteiger partial charge in [0.05, 0.1) is 18.0 Å². The Hall–Kier alpha value is -1.79. The van der Waals surface area contributed by atoms with E-state index < -0.39 is 0 Å². The minimum Gasteiger partial charge on any atom is -0.496 e. The molecular formula is C18H17BrN2O2S. The minimum atomic E-state index is -0.0209. The molecule has 0 aliphatic heterocycles. The number of fused-ring (bicyclic) bond motifs is 1. The van der Waals surface area contributed by atoms with Crippen LogP contribution in [0.2, 0.25) is 0 Å². The van der Waals surface area contributed by atoms with Crippen molar-refractivity contribution in [3.05, 3.63) is 62.4 Å². The third-order valence-electron chi connectivity index (χ3n) is 3.79. The topological polar surface area (TPSA) is 44.1 Å². The Bertz CT molecular complexity index is 969. The number of rotatable bonds is 4. The zero-order valence-electron chi connectivity index (χ0n) is 13.7. The predicted octanol–water partition coefficient (Wildman–Crippen LogP) is 4.31. The van der Waals surface area contributed by atoms with Crippen molar-refractivity contribution in [2.24, 2.45) is 7.05 Å². The first kappa shape index (κ1) is 17.0. The Kier molecular flexibility index (Phi) is 4.96. The molecule has 3 aromatic rings. The van der Waals surface area contributed by atoms with Crippen molar-refractivity contribution in [2.45, 2.75) is 17.8 Å². The van der Waals surface area contributed by atoms with Gasteiger partial charge in [-0.3, -0.25) is 9.36 Å². The van der Waals surface area contributed by atoms with Crippen LogP contribution in [0, 0.1) is 6.92 Å². The highest BCUT2D eigenvalue weighted by Crippen LogP contribution is 2.29. The first-order valence-electron chi connectivity index (χ1n) is 7.42. The molecule has 124 valence electrons. The third kappa shape index (κ3) is 3.35. The second-order valence-electron chi connectivity index (χ2n) is 5.52. The van der Waals surface area contributed by atoms with Crippen LogP contribution < -0.4 is 10.3 Å². The molecule has 0 spiro atoms. The smallest absolute Gasteiger partial charge is 0.261 e. The first-order valence-corrected chi connectivity index (χ1v) is 9.20. The molecule has 4 nitrogen and oxygen atoms in total. The largest absolute Gasteiger partial charge is 0.496 e. The number of hydrogen-bond donors (Lipinski definition) is 0. The molecule has 0 aliphatic rings. The van der Waals surface area contributed by atoms with Gasteiger partial charge in [0.1, 0.15) is 5.75 Å². The Morgan fingerprint density at radius 2 is 2.04 bits per heavy atom. The van der Waals surface area contributed by atoms with Gasteiger partial charge >= 0.3 is 0 Å². The minimum absolute atomic E-state index is 0.0209. The maximum Gasteiger partial charge on any atom is 0.261 e. The monoisotopic (exact) mass is 404 g/mol. The van der Waals surface area contributed by atoms with Crippen LogP contribution in [0.1, 0.15) is 11.1 Å². The predicted molar refractivity (Wildman–Crippen MR) is 102 cm³/mol. The maximum absolute atomic E-state index is 12.6. The van der Waals surface area contributed by atoms with Gasteiger partial charge in [-0.15, -0.1) is 0 Å². The van der Waals surface area contributed by atoms with Crippen LogP contribution in [0.5, 0.6) is 5.75 Å². The van der Waals surface area contributed by atoms with E-state index in [-0.39, 0.29) is 5.56 Å². The maximum atomic E-state index is 12.6. The molecule has 0 fully saturated rings. The summed E-state index contributed by atoms with van der Waals surface area (Å²) in [5.41, 5.74) is 2.82. The number of methoxy groups -OCH3 is 1. The lowest BCUT2D eigenvalue weighted by atomic mass is 10.2. The fourth-order valence-electron chi connectivity index (χ4n) is 2.50. The summed E-state index contributed by atoms with van der Waals surface area (Å²) in [4.78, 5) is 17.2. The summed E-state index contributed by atoms with van der Waals surface area (Å²) < 4.78 is 8.01. The molecule has 24 heavy (non-hydrogen) atoms. The van der Waals surface area contributed by atoms with Gasteiger partial charge in [0.2, 0.25) is 0 Å². The number of aryl methyl sites for hydroxylation is 1. The standard InChI is InChI=1S/C18H17BrN2O2S/c1-11-4-6-15-14(8-11)17(22)21(2)18(20-15)24-10-12-9-13(19)5-7-16(12)23-3/h4-9H,10H2,1-3H3. The molecule has 0 bridgehead atoms. The Morgan fingerprint density at radius 3 is 2.79 bits per heavy atom. The molecule has 0 saturated carbocycles. The van der Waals surface area contributed by atoms with Gasteiger partial charge in [0.15, 0.2) is 5.16 Å². The number of thioether (sulfide) groups is 1. The zero-order valence-corrected chi connectivity index (χ0v) is 16.1. The number of nitrogens with zero attached hydrogens (tertiary/aromatic N) is 2. The molecule has 6 heteroatoms. The Balaban J connectivity index is 1.96. The van der Waals surface area contributed by atoms with Crippen molar-refractivity contribution in [3.63, 3.8) is 0 Å². The zero-order chi connectivity index (χ0) is 17.3. The van der Waals surface area contributed by atoms with Crippen molar-refractivity contribution >= 4 is 38.6 Å². The normalized spacial score (nSPS) is 11.0. The van der Waals surface area contributed by atoms with E-state index in [4.69, 9.17) is 4.74 Å². The van der Waals surface area contributed by atoms with Crippen molar-refractivity contribution in [1.29, 1.82) is 0 Å². The average molecular weight is 405 g/mol. The van der Waals surface area contributed by atoms with Gasteiger partial charge in [-0.05, 0) is 37.3 Å². The van der Waals surface area contributed by atoms with E-state index >= 15 is 0 Å². The van der Waals surface area contributed by atoms with E-state index in [2.05, 4.69) is 20.9 Å². The molecule has 0 unspecified atom stereocenters. The van der Waals surface area contributed by atoms with Gasteiger partial charge < -0.3 is 4.74 Å². The fourth-order valence-corrected chi connectivity index (χ4v) is 3.85. The van der Waals surface area contributed by atoms with E-state index in [1.54, 1.807) is 18.7 Å². The Labute approximate surface area is 153 Å². The molecule has 0 N–H and O–H groups in total. The summed E-state index contributed by atoms with van der Waals surface area (Å²) in [7, 11) is 3.42. The van der Waals surface area contributed by atoms with E-state index in [0.717, 1.165) is 26.9 Å². The highest BCUT2D eigenvalue weighted by Gasteiger charge is 2.11. The molecule has 0 atom stereocenters. The van der Waals surface area contributed by atoms with Crippen LogP contribution in [-0.4, -0.2) is 16.7 Å². The first-order chi connectivity index (χ1) is 11.5. The van der Waals surface area contributed by atoms with E-state index in [0.29, 0.717) is 16.3 Å². The lowest BCUT2D eigenvalue weighted by Gasteiger charge is -2.11. The summed E-state index contributed by atoms with van der Waals surface area (Å²) in [6, 6.07) is 11.6. The number of benzene rings is 2. The molecule has 2 aromatic carbocycles. The third-order valence-corrected chi connectivity index (χ3v) is 5.36. The molecule has 0 amide bonds. The van der Waals surface area contributed by atoms with Gasteiger partial charge in [0, 0.05) is 22.8 Å². The molecule has 0 aliphatic carbocycles. The summed E-state index contributed by atoms with van der Waals surface area (Å²) in [5.74, 6) is 1.49. The van der Waals surface area contributed by atoms with Crippen LogP contribution in [0.4, 0.5) is 0 Å². The summed E-state index contributed by atoms with van der Waals surface area (Å²) in [6.45, 7) is 1.97. The molecule has 1 heterocycles. The lowest BCUT2D eigenvalue weighted by Crippen LogP contribution is -2.20. The van der Waals surface area contributed by atoms with E-state index in [9.17, 15) is 4.79 Å². The lowest BCUT2D eigenvalue weighted by molar-refractivity contribution is 0.411. The summed E-state index contributed by atoms with van der Waals surface area (Å²) in [5, 5.41) is 1.35. The van der Waals surface area contributed by atoms with Gasteiger partial charge in [-0.1, -0.05) is 39.3 Å². The van der Waals surface area contributed by atoms with Crippen LogP contribution in [-0.2, 0) is 12.8 Å². The second-order valence-corrected chi connectivity index (χ2v) is 7.38. The molecule has 3 rings (SSSR count). The fraction of sp³-hybridized carbons (Fsp3) is 0.222. The number of aromatic nitrogens is 2. The van der Waals surface area contributed by atoms with Crippen LogP contribution in [0.3, 0.4) is 0 Å². The van der Waals surface area contributed by atoms with E-state index in [1.807, 2.05) is 43.3 Å². The van der Waals surface area contributed by atoms with Crippen LogP contribution in [0.25, 0.3) is 10.9 Å². The molecule has 1 aromatic heterocycles. The number of ether oxygens (including phenoxy) is 1. The average Bonchev–Trinajstić information content (AvgIpc) is 2.57. The summed E-state index contributed by atoms with van der Waals surface area (Å²) >= 11 is 5.00.